The van der Waals surface area contributed by atoms with E-state index < -0.39 is 38.4 Å². The van der Waals surface area contributed by atoms with E-state index in [1.807, 2.05) is 0 Å². The van der Waals surface area contributed by atoms with Gasteiger partial charge in [0.2, 0.25) is 5.88 Å². The van der Waals surface area contributed by atoms with Gasteiger partial charge in [-0.3, -0.25) is 4.79 Å². The molecule has 11 heteroatoms. The Bertz CT molecular complexity index is 942. The van der Waals surface area contributed by atoms with Crippen molar-refractivity contribution in [2.45, 2.75) is 31.0 Å². The SMILES string of the molecule is CC(C)Oc1ccc(C(=O)NS(=O)(=O)c2ccc(F)cc2C(F)(F)F)cn1. The molecule has 1 aromatic heterocycles. The lowest BCUT2D eigenvalue weighted by atomic mass is 10.2. The number of amides is 1. The maximum atomic E-state index is 13.1. The van der Waals surface area contributed by atoms with Gasteiger partial charge in [-0.05, 0) is 38.1 Å². The monoisotopic (exact) mass is 406 g/mol. The van der Waals surface area contributed by atoms with E-state index >= 15 is 0 Å². The number of nitrogens with one attached hydrogen (secondary N) is 1. The Balaban J connectivity index is 2.30. The largest absolute Gasteiger partial charge is 0.475 e. The van der Waals surface area contributed by atoms with Gasteiger partial charge in [0.1, 0.15) is 5.82 Å². The molecule has 0 spiro atoms. The number of ether oxygens (including phenoxy) is 1. The molecule has 27 heavy (non-hydrogen) atoms. The van der Waals surface area contributed by atoms with Gasteiger partial charge < -0.3 is 4.74 Å². The lowest BCUT2D eigenvalue weighted by Crippen LogP contribution is -2.32. The van der Waals surface area contributed by atoms with Crippen molar-refractivity contribution in [2.75, 3.05) is 0 Å². The van der Waals surface area contributed by atoms with Crippen LogP contribution in [0, 0.1) is 5.82 Å². The molecule has 1 N–H and O–H groups in total. The number of benzene rings is 1. The van der Waals surface area contributed by atoms with E-state index in [1.54, 1.807) is 13.8 Å². The first-order chi connectivity index (χ1) is 12.4. The molecule has 146 valence electrons. The summed E-state index contributed by atoms with van der Waals surface area (Å²) in [5.41, 5.74) is -1.94. The van der Waals surface area contributed by atoms with E-state index in [9.17, 15) is 30.8 Å². The lowest BCUT2D eigenvalue weighted by Gasteiger charge is -2.14. The van der Waals surface area contributed by atoms with Gasteiger partial charge in [-0.2, -0.15) is 13.2 Å². The summed E-state index contributed by atoms with van der Waals surface area (Å²) in [6, 6.07) is 3.53. The van der Waals surface area contributed by atoms with Crippen molar-refractivity contribution in [3.05, 3.63) is 53.5 Å². The number of hydrogen-bond acceptors (Lipinski definition) is 5. The van der Waals surface area contributed by atoms with Gasteiger partial charge >= 0.3 is 6.18 Å². The zero-order valence-electron chi connectivity index (χ0n) is 14.0. The Hall–Kier alpha value is -2.69. The molecule has 0 bridgehead atoms. The predicted molar refractivity (Wildman–Crippen MR) is 86.1 cm³/mol. The van der Waals surface area contributed by atoms with Crippen molar-refractivity contribution in [1.82, 2.24) is 9.71 Å². The molecule has 0 unspecified atom stereocenters. The van der Waals surface area contributed by atoms with Gasteiger partial charge in [-0.25, -0.2) is 22.5 Å². The van der Waals surface area contributed by atoms with Gasteiger partial charge in [0, 0.05) is 12.3 Å². The summed E-state index contributed by atoms with van der Waals surface area (Å²) in [7, 11) is -4.91. The number of carbonyl (C=O) groups excluding carboxylic acids is 1. The average molecular weight is 406 g/mol. The molecule has 1 amide bonds. The van der Waals surface area contributed by atoms with Crippen LogP contribution in [-0.2, 0) is 16.2 Å². The van der Waals surface area contributed by atoms with Gasteiger partial charge in [-0.1, -0.05) is 0 Å². The number of carbonyl (C=O) groups is 1. The summed E-state index contributed by atoms with van der Waals surface area (Å²) < 4.78 is 83.3. The molecular formula is C16H14F4N2O4S. The summed E-state index contributed by atoms with van der Waals surface area (Å²) in [5, 5.41) is 0. The minimum Gasteiger partial charge on any atom is -0.475 e. The van der Waals surface area contributed by atoms with Crippen LogP contribution in [0.1, 0.15) is 29.8 Å². The molecule has 0 fully saturated rings. The van der Waals surface area contributed by atoms with Crippen LogP contribution in [0.5, 0.6) is 5.88 Å². The first-order valence-electron chi connectivity index (χ1n) is 7.47. The molecule has 0 aliphatic carbocycles. The van der Waals surface area contributed by atoms with Crippen LogP contribution in [0.2, 0.25) is 0 Å². The van der Waals surface area contributed by atoms with E-state index in [0.29, 0.717) is 12.1 Å². The average Bonchev–Trinajstić information content (AvgIpc) is 2.53. The molecule has 2 aromatic rings. The Morgan fingerprint density at radius 3 is 2.37 bits per heavy atom. The molecule has 0 aliphatic rings. The minimum atomic E-state index is -5.13. The van der Waals surface area contributed by atoms with E-state index in [4.69, 9.17) is 4.74 Å². The number of rotatable bonds is 5. The van der Waals surface area contributed by atoms with Crippen molar-refractivity contribution >= 4 is 15.9 Å². The molecule has 6 nitrogen and oxygen atoms in total. The van der Waals surface area contributed by atoms with Crippen molar-refractivity contribution in [3.8, 4) is 5.88 Å². The Labute approximate surface area is 152 Å². The molecular weight excluding hydrogens is 392 g/mol. The second-order valence-electron chi connectivity index (χ2n) is 5.62. The third-order valence-electron chi connectivity index (χ3n) is 3.12. The summed E-state index contributed by atoms with van der Waals surface area (Å²) in [6.07, 6.45) is -4.30. The number of alkyl halides is 3. The third-order valence-corrected chi connectivity index (χ3v) is 4.51. The second kappa shape index (κ2) is 7.51. The second-order valence-corrected chi connectivity index (χ2v) is 7.28. The normalized spacial score (nSPS) is 12.1. The number of halogens is 4. The van der Waals surface area contributed by atoms with E-state index in [2.05, 4.69) is 4.98 Å². The molecule has 2 rings (SSSR count). The van der Waals surface area contributed by atoms with Crippen molar-refractivity contribution in [2.24, 2.45) is 0 Å². The Kier molecular flexibility index (Phi) is 5.73. The van der Waals surface area contributed by atoms with Crippen LogP contribution in [0.25, 0.3) is 0 Å². The van der Waals surface area contributed by atoms with E-state index in [-0.39, 0.29) is 23.6 Å². The molecule has 0 saturated heterocycles. The fraction of sp³-hybridized carbons (Fsp3) is 0.250. The van der Waals surface area contributed by atoms with Gasteiger partial charge in [-0.15, -0.1) is 0 Å². The summed E-state index contributed by atoms with van der Waals surface area (Å²) in [4.78, 5) is 14.6. The highest BCUT2D eigenvalue weighted by Crippen LogP contribution is 2.34. The van der Waals surface area contributed by atoms with Crippen molar-refractivity contribution in [1.29, 1.82) is 0 Å². The van der Waals surface area contributed by atoms with Gasteiger partial charge in [0.05, 0.1) is 22.1 Å². The third kappa shape index (κ3) is 5.16. The predicted octanol–water partition coefficient (Wildman–Crippen LogP) is 3.15. The minimum absolute atomic E-state index is 0.0403. The molecule has 0 radical (unpaired) electrons. The van der Waals surface area contributed by atoms with Crippen LogP contribution in [0.15, 0.2) is 41.4 Å². The van der Waals surface area contributed by atoms with Crippen molar-refractivity contribution < 1.29 is 35.5 Å². The zero-order chi connectivity index (χ0) is 20.4. The summed E-state index contributed by atoms with van der Waals surface area (Å²) in [5.74, 6) is -2.28. The zero-order valence-corrected chi connectivity index (χ0v) is 14.9. The molecule has 0 atom stereocenters. The van der Waals surface area contributed by atoms with Crippen molar-refractivity contribution in [3.63, 3.8) is 0 Å². The number of sulfonamides is 1. The highest BCUT2D eigenvalue weighted by molar-refractivity contribution is 7.90. The Morgan fingerprint density at radius 1 is 1.19 bits per heavy atom. The van der Waals surface area contributed by atoms with Crippen LogP contribution >= 0.6 is 0 Å². The molecule has 0 aliphatic heterocycles. The quantitative estimate of drug-likeness (QED) is 0.771. The molecule has 1 aromatic carbocycles. The lowest BCUT2D eigenvalue weighted by molar-refractivity contribution is -0.140. The first kappa shape index (κ1) is 20.6. The van der Waals surface area contributed by atoms with E-state index in [1.165, 1.54) is 16.9 Å². The number of nitrogens with zero attached hydrogens (tertiary/aromatic N) is 1. The van der Waals surface area contributed by atoms with Gasteiger partial charge in [0.15, 0.2) is 0 Å². The maximum absolute atomic E-state index is 13.1. The fourth-order valence-corrected chi connectivity index (χ4v) is 3.20. The van der Waals surface area contributed by atoms with E-state index in [0.717, 1.165) is 6.20 Å². The van der Waals surface area contributed by atoms with Crippen LogP contribution in [0.4, 0.5) is 17.6 Å². The standard InChI is InChI=1S/C16H14F4N2O4S/c1-9(2)26-14-6-3-10(8-21-14)15(23)22-27(24,25)13-5-4-11(17)7-12(13)16(18,19)20/h3-9H,1-2H3,(H,22,23). The number of pyridine rings is 1. The highest BCUT2D eigenvalue weighted by atomic mass is 32.2. The van der Waals surface area contributed by atoms with Crippen LogP contribution < -0.4 is 9.46 Å². The number of hydrogen-bond donors (Lipinski definition) is 1. The molecule has 1 heterocycles. The first-order valence-corrected chi connectivity index (χ1v) is 8.95. The topological polar surface area (TPSA) is 85.4 Å². The Morgan fingerprint density at radius 2 is 1.85 bits per heavy atom. The fourth-order valence-electron chi connectivity index (χ4n) is 2.02. The van der Waals surface area contributed by atoms with Gasteiger partial charge in [0.25, 0.3) is 15.9 Å². The smallest absolute Gasteiger partial charge is 0.417 e. The van der Waals surface area contributed by atoms with Crippen LogP contribution in [0.3, 0.4) is 0 Å². The highest BCUT2D eigenvalue weighted by Gasteiger charge is 2.38. The maximum Gasteiger partial charge on any atom is 0.417 e. The number of aromatic nitrogens is 1. The molecule has 0 saturated carbocycles. The summed E-state index contributed by atoms with van der Waals surface area (Å²) in [6.45, 7) is 3.49. The van der Waals surface area contributed by atoms with Crippen LogP contribution in [-0.4, -0.2) is 25.4 Å². The summed E-state index contributed by atoms with van der Waals surface area (Å²) >= 11 is 0.